The monoisotopic (exact) mass is 161 g/mol. The number of rotatable bonds is 3. The van der Waals surface area contributed by atoms with E-state index < -0.39 is 0 Å². The molecule has 1 nitrogen and oxygen atoms in total. The molecule has 0 saturated carbocycles. The second kappa shape index (κ2) is 4.73. The number of benzene rings is 1. The highest BCUT2D eigenvalue weighted by molar-refractivity contribution is 5.53. The van der Waals surface area contributed by atoms with E-state index in [0.29, 0.717) is 0 Å². The van der Waals surface area contributed by atoms with Crippen LogP contribution < -0.4 is 5.32 Å². The molecule has 0 heterocycles. The fraction of sp³-hybridized carbons (Fsp3) is 0.273. The standard InChI is InChI=1S/C11H15N/c1-3-6-10-7-4-5-8-11(10)9-12-2/h3-8,12H,9H2,1-2H3/b6-3-. The number of allylic oxidation sites excluding steroid dienone is 1. The lowest BCUT2D eigenvalue weighted by atomic mass is 10.1. The summed E-state index contributed by atoms with van der Waals surface area (Å²) < 4.78 is 0. The molecule has 1 aromatic carbocycles. The van der Waals surface area contributed by atoms with Gasteiger partial charge in [0.2, 0.25) is 0 Å². The first-order valence-electron chi connectivity index (χ1n) is 4.23. The topological polar surface area (TPSA) is 12.0 Å². The van der Waals surface area contributed by atoms with Gasteiger partial charge >= 0.3 is 0 Å². The first-order valence-corrected chi connectivity index (χ1v) is 4.23. The van der Waals surface area contributed by atoms with Crippen molar-refractivity contribution in [3.8, 4) is 0 Å². The third kappa shape index (κ3) is 2.21. The average molecular weight is 161 g/mol. The number of nitrogens with one attached hydrogen (secondary N) is 1. The minimum Gasteiger partial charge on any atom is -0.316 e. The van der Waals surface area contributed by atoms with Gasteiger partial charge in [0.1, 0.15) is 0 Å². The van der Waals surface area contributed by atoms with Gasteiger partial charge in [-0.2, -0.15) is 0 Å². The van der Waals surface area contributed by atoms with Gasteiger partial charge in [-0.1, -0.05) is 36.4 Å². The maximum absolute atomic E-state index is 3.15. The van der Waals surface area contributed by atoms with Crippen molar-refractivity contribution in [3.63, 3.8) is 0 Å². The molecule has 1 heteroatoms. The Labute approximate surface area is 74.1 Å². The van der Waals surface area contributed by atoms with E-state index >= 15 is 0 Å². The van der Waals surface area contributed by atoms with Crippen LogP contribution in [0.15, 0.2) is 30.3 Å². The van der Waals surface area contributed by atoms with Crippen molar-refractivity contribution < 1.29 is 0 Å². The second-order valence-corrected chi connectivity index (χ2v) is 2.73. The number of hydrogen-bond acceptors (Lipinski definition) is 1. The molecular weight excluding hydrogens is 146 g/mol. The molecule has 0 saturated heterocycles. The fourth-order valence-electron chi connectivity index (χ4n) is 1.23. The van der Waals surface area contributed by atoms with Crippen LogP contribution in [0.3, 0.4) is 0 Å². The van der Waals surface area contributed by atoms with Gasteiger partial charge in [0.25, 0.3) is 0 Å². The Morgan fingerprint density at radius 1 is 1.33 bits per heavy atom. The molecule has 0 aliphatic heterocycles. The van der Waals surface area contributed by atoms with Crippen molar-refractivity contribution in [1.82, 2.24) is 5.32 Å². The van der Waals surface area contributed by atoms with Gasteiger partial charge in [-0.3, -0.25) is 0 Å². The van der Waals surface area contributed by atoms with Gasteiger partial charge in [-0.25, -0.2) is 0 Å². The third-order valence-electron chi connectivity index (χ3n) is 1.77. The van der Waals surface area contributed by atoms with Crippen LogP contribution in [0.2, 0.25) is 0 Å². The summed E-state index contributed by atoms with van der Waals surface area (Å²) >= 11 is 0. The molecule has 0 aliphatic carbocycles. The Morgan fingerprint density at radius 2 is 2.08 bits per heavy atom. The highest BCUT2D eigenvalue weighted by Gasteiger charge is 1.94. The summed E-state index contributed by atoms with van der Waals surface area (Å²) in [4.78, 5) is 0. The molecule has 0 radical (unpaired) electrons. The molecule has 12 heavy (non-hydrogen) atoms. The summed E-state index contributed by atoms with van der Waals surface area (Å²) in [5.74, 6) is 0. The maximum Gasteiger partial charge on any atom is 0.0208 e. The first kappa shape index (κ1) is 9.01. The van der Waals surface area contributed by atoms with E-state index in [1.807, 2.05) is 14.0 Å². The highest BCUT2D eigenvalue weighted by Crippen LogP contribution is 2.09. The second-order valence-electron chi connectivity index (χ2n) is 2.73. The molecular formula is C11H15N. The average Bonchev–Trinajstić information content (AvgIpc) is 2.09. The predicted octanol–water partition coefficient (Wildman–Crippen LogP) is 2.44. The summed E-state index contributed by atoms with van der Waals surface area (Å²) in [7, 11) is 1.96. The zero-order chi connectivity index (χ0) is 8.81. The highest BCUT2D eigenvalue weighted by atomic mass is 14.8. The normalized spacial score (nSPS) is 10.8. The lowest BCUT2D eigenvalue weighted by Gasteiger charge is -2.03. The van der Waals surface area contributed by atoms with Crippen LogP contribution in [0.25, 0.3) is 6.08 Å². The molecule has 0 aromatic heterocycles. The summed E-state index contributed by atoms with van der Waals surface area (Å²) in [5.41, 5.74) is 2.65. The van der Waals surface area contributed by atoms with Crippen LogP contribution >= 0.6 is 0 Å². The molecule has 0 aliphatic rings. The van der Waals surface area contributed by atoms with Crippen molar-refractivity contribution in [2.75, 3.05) is 7.05 Å². The first-order chi connectivity index (χ1) is 5.88. The molecule has 1 aromatic rings. The van der Waals surface area contributed by atoms with E-state index in [2.05, 4.69) is 41.7 Å². The molecule has 0 spiro atoms. The van der Waals surface area contributed by atoms with Gasteiger partial charge < -0.3 is 5.32 Å². The van der Waals surface area contributed by atoms with E-state index in [0.717, 1.165) is 6.54 Å². The Kier molecular flexibility index (Phi) is 3.55. The SMILES string of the molecule is C/C=C\c1ccccc1CNC. The van der Waals surface area contributed by atoms with Gasteiger partial charge in [0, 0.05) is 6.54 Å². The van der Waals surface area contributed by atoms with Crippen molar-refractivity contribution in [3.05, 3.63) is 41.5 Å². The van der Waals surface area contributed by atoms with Gasteiger partial charge in [-0.15, -0.1) is 0 Å². The predicted molar refractivity (Wildman–Crippen MR) is 53.9 cm³/mol. The molecule has 0 fully saturated rings. The third-order valence-corrected chi connectivity index (χ3v) is 1.77. The molecule has 64 valence electrons. The Bertz CT molecular complexity index is 263. The van der Waals surface area contributed by atoms with Crippen molar-refractivity contribution in [2.45, 2.75) is 13.5 Å². The van der Waals surface area contributed by atoms with Gasteiger partial charge in [0.15, 0.2) is 0 Å². The molecule has 0 amide bonds. The van der Waals surface area contributed by atoms with E-state index in [1.165, 1.54) is 11.1 Å². The molecule has 0 bridgehead atoms. The molecule has 1 rings (SSSR count). The molecule has 1 N–H and O–H groups in total. The van der Waals surface area contributed by atoms with E-state index in [9.17, 15) is 0 Å². The smallest absolute Gasteiger partial charge is 0.0208 e. The fourth-order valence-corrected chi connectivity index (χ4v) is 1.23. The summed E-state index contributed by atoms with van der Waals surface area (Å²) in [5, 5.41) is 3.15. The number of hydrogen-bond donors (Lipinski definition) is 1. The summed E-state index contributed by atoms with van der Waals surface area (Å²) in [6.45, 7) is 2.97. The van der Waals surface area contributed by atoms with Gasteiger partial charge in [0.05, 0.1) is 0 Å². The van der Waals surface area contributed by atoms with Crippen molar-refractivity contribution >= 4 is 6.08 Å². The van der Waals surface area contributed by atoms with Crippen molar-refractivity contribution in [1.29, 1.82) is 0 Å². The lowest BCUT2D eigenvalue weighted by molar-refractivity contribution is 0.816. The molecule has 0 atom stereocenters. The Morgan fingerprint density at radius 3 is 2.75 bits per heavy atom. The minimum atomic E-state index is 0.931. The molecule has 0 unspecified atom stereocenters. The zero-order valence-corrected chi connectivity index (χ0v) is 7.67. The lowest BCUT2D eigenvalue weighted by Crippen LogP contribution is -2.06. The van der Waals surface area contributed by atoms with Crippen LogP contribution in [0.4, 0.5) is 0 Å². The van der Waals surface area contributed by atoms with Crippen LogP contribution in [0.5, 0.6) is 0 Å². The summed E-state index contributed by atoms with van der Waals surface area (Å²) in [6, 6.07) is 8.41. The largest absolute Gasteiger partial charge is 0.316 e. The minimum absolute atomic E-state index is 0.931. The van der Waals surface area contributed by atoms with Crippen molar-refractivity contribution in [2.24, 2.45) is 0 Å². The summed E-state index contributed by atoms with van der Waals surface area (Å²) in [6.07, 6.45) is 4.20. The van der Waals surface area contributed by atoms with Crippen LogP contribution in [-0.4, -0.2) is 7.05 Å². The van der Waals surface area contributed by atoms with Crippen LogP contribution in [0.1, 0.15) is 18.1 Å². The quantitative estimate of drug-likeness (QED) is 0.718. The van der Waals surface area contributed by atoms with Gasteiger partial charge in [-0.05, 0) is 25.1 Å². The van der Waals surface area contributed by atoms with Crippen LogP contribution in [0, 0.1) is 0 Å². The van der Waals surface area contributed by atoms with E-state index in [1.54, 1.807) is 0 Å². The van der Waals surface area contributed by atoms with Crippen LogP contribution in [-0.2, 0) is 6.54 Å². The Balaban J connectivity index is 2.91. The van der Waals surface area contributed by atoms with E-state index in [4.69, 9.17) is 0 Å². The zero-order valence-electron chi connectivity index (χ0n) is 7.67. The Hall–Kier alpha value is -1.08. The van der Waals surface area contributed by atoms with E-state index in [-0.39, 0.29) is 0 Å². The maximum atomic E-state index is 3.15.